The van der Waals surface area contributed by atoms with Crippen LogP contribution in [0.5, 0.6) is 0 Å². The quantitative estimate of drug-likeness (QED) is 0.779. The Kier molecular flexibility index (Phi) is 5.71. The van der Waals surface area contributed by atoms with Gasteiger partial charge in [-0.2, -0.15) is 4.31 Å². The summed E-state index contributed by atoms with van der Waals surface area (Å²) in [5.74, 6) is -0.0152. The predicted octanol–water partition coefficient (Wildman–Crippen LogP) is 2.88. The van der Waals surface area contributed by atoms with Crippen molar-refractivity contribution in [1.29, 1.82) is 0 Å². The molecule has 7 heteroatoms. The van der Waals surface area contributed by atoms with Crippen LogP contribution in [0.25, 0.3) is 0 Å². The van der Waals surface area contributed by atoms with Gasteiger partial charge in [-0.15, -0.1) is 0 Å². The van der Waals surface area contributed by atoms with Crippen LogP contribution in [0.15, 0.2) is 23.1 Å². The minimum absolute atomic E-state index is 0.0639. The van der Waals surface area contributed by atoms with E-state index in [-0.39, 0.29) is 21.8 Å². The lowest BCUT2D eigenvalue weighted by molar-refractivity contribution is 0.340. The summed E-state index contributed by atoms with van der Waals surface area (Å²) in [5, 5.41) is 0. The lowest BCUT2D eigenvalue weighted by Crippen LogP contribution is -2.41. The summed E-state index contributed by atoms with van der Waals surface area (Å²) in [5.41, 5.74) is 1.48. The Morgan fingerprint density at radius 3 is 2.36 bits per heavy atom. The molecule has 0 aliphatic carbocycles. The van der Waals surface area contributed by atoms with Gasteiger partial charge in [0.15, 0.2) is 9.84 Å². The molecule has 0 spiro atoms. The zero-order chi connectivity index (χ0) is 19.0. The van der Waals surface area contributed by atoms with Crippen molar-refractivity contribution in [1.82, 2.24) is 4.31 Å². The van der Waals surface area contributed by atoms with E-state index in [2.05, 4.69) is 0 Å². The molecule has 1 aromatic carbocycles. The fourth-order valence-corrected chi connectivity index (χ4v) is 7.02. The molecule has 0 radical (unpaired) electrons. The predicted molar refractivity (Wildman–Crippen MR) is 101 cm³/mol. The average Bonchev–Trinajstić information content (AvgIpc) is 2.83. The number of hydrogen-bond acceptors (Lipinski definition) is 4. The number of sulfonamides is 1. The molecule has 1 saturated heterocycles. The molecule has 0 aromatic heterocycles. The standard InChI is InChI=1S/C18H29NO4S2/c1-6-10-19(16-9-11-24(20,21)13-16)25(22,23)17-12-15(18(3,4)5)8-7-14(17)2/h7-8,12,16H,6,9-11,13H2,1-5H3. The molecule has 1 fully saturated rings. The second kappa shape index (κ2) is 7.00. The molecule has 25 heavy (non-hydrogen) atoms. The number of hydrogen-bond donors (Lipinski definition) is 0. The summed E-state index contributed by atoms with van der Waals surface area (Å²) < 4.78 is 51.8. The van der Waals surface area contributed by atoms with Crippen LogP contribution in [0.3, 0.4) is 0 Å². The lowest BCUT2D eigenvalue weighted by Gasteiger charge is -2.28. The van der Waals surface area contributed by atoms with Crippen LogP contribution in [0.2, 0.25) is 0 Å². The van der Waals surface area contributed by atoms with E-state index in [0.29, 0.717) is 24.9 Å². The van der Waals surface area contributed by atoms with Gasteiger partial charge < -0.3 is 0 Å². The van der Waals surface area contributed by atoms with E-state index in [1.54, 1.807) is 13.0 Å². The normalized spacial score (nSPS) is 21.0. The highest BCUT2D eigenvalue weighted by atomic mass is 32.2. The third kappa shape index (κ3) is 4.44. The van der Waals surface area contributed by atoms with Crippen LogP contribution >= 0.6 is 0 Å². The summed E-state index contributed by atoms with van der Waals surface area (Å²) in [7, 11) is -6.89. The Hall–Kier alpha value is -0.920. The first-order chi connectivity index (χ1) is 11.4. The fraction of sp³-hybridized carbons (Fsp3) is 0.667. The second-order valence-electron chi connectivity index (χ2n) is 7.90. The van der Waals surface area contributed by atoms with E-state index in [1.807, 2.05) is 39.8 Å². The number of nitrogens with zero attached hydrogens (tertiary/aromatic N) is 1. The first-order valence-electron chi connectivity index (χ1n) is 8.72. The summed E-state index contributed by atoms with van der Waals surface area (Å²) in [6.07, 6.45) is 1.02. The minimum Gasteiger partial charge on any atom is -0.229 e. The van der Waals surface area contributed by atoms with Crippen LogP contribution < -0.4 is 0 Å². The van der Waals surface area contributed by atoms with Crippen LogP contribution in [0.1, 0.15) is 51.7 Å². The molecule has 0 saturated carbocycles. The Bertz CT molecular complexity index is 836. The Morgan fingerprint density at radius 1 is 1.24 bits per heavy atom. The summed E-state index contributed by atoms with van der Waals surface area (Å²) in [6, 6.07) is 5.07. The first-order valence-corrected chi connectivity index (χ1v) is 12.0. The minimum atomic E-state index is -3.74. The Balaban J connectivity index is 2.51. The third-order valence-electron chi connectivity index (χ3n) is 4.70. The van der Waals surface area contributed by atoms with E-state index in [9.17, 15) is 16.8 Å². The van der Waals surface area contributed by atoms with Gasteiger partial charge in [-0.3, -0.25) is 0 Å². The van der Waals surface area contributed by atoms with Crippen molar-refractivity contribution < 1.29 is 16.8 Å². The zero-order valence-corrected chi connectivity index (χ0v) is 17.4. The topological polar surface area (TPSA) is 71.5 Å². The monoisotopic (exact) mass is 387 g/mol. The smallest absolute Gasteiger partial charge is 0.229 e. The highest BCUT2D eigenvalue weighted by molar-refractivity contribution is 7.92. The molecule has 1 aliphatic heterocycles. The first kappa shape index (κ1) is 20.4. The largest absolute Gasteiger partial charge is 0.243 e. The fourth-order valence-electron chi connectivity index (χ4n) is 3.19. The highest BCUT2D eigenvalue weighted by Crippen LogP contribution is 2.31. The van der Waals surface area contributed by atoms with E-state index in [0.717, 1.165) is 5.56 Å². The van der Waals surface area contributed by atoms with Crippen molar-refractivity contribution in [3.05, 3.63) is 29.3 Å². The lowest BCUT2D eigenvalue weighted by atomic mass is 9.87. The van der Waals surface area contributed by atoms with Gasteiger partial charge in [0.2, 0.25) is 10.0 Å². The van der Waals surface area contributed by atoms with Gasteiger partial charge in [-0.05, 0) is 42.4 Å². The van der Waals surface area contributed by atoms with Crippen molar-refractivity contribution >= 4 is 19.9 Å². The van der Waals surface area contributed by atoms with Crippen molar-refractivity contribution in [3.8, 4) is 0 Å². The van der Waals surface area contributed by atoms with Crippen LogP contribution in [-0.4, -0.2) is 45.2 Å². The van der Waals surface area contributed by atoms with E-state index >= 15 is 0 Å². The molecule has 5 nitrogen and oxygen atoms in total. The maximum Gasteiger partial charge on any atom is 0.243 e. The molecule has 2 rings (SSSR count). The molecule has 1 aliphatic rings. The summed E-state index contributed by atoms with van der Waals surface area (Å²) >= 11 is 0. The second-order valence-corrected chi connectivity index (χ2v) is 12.0. The van der Waals surface area contributed by atoms with Gasteiger partial charge in [-0.1, -0.05) is 39.8 Å². The Morgan fingerprint density at radius 2 is 1.88 bits per heavy atom. The number of benzene rings is 1. The molecule has 0 amide bonds. The molecule has 0 N–H and O–H groups in total. The van der Waals surface area contributed by atoms with Crippen molar-refractivity contribution in [2.45, 2.75) is 63.8 Å². The van der Waals surface area contributed by atoms with Gasteiger partial charge in [-0.25, -0.2) is 16.8 Å². The zero-order valence-electron chi connectivity index (χ0n) is 15.7. The van der Waals surface area contributed by atoms with Crippen LogP contribution in [0.4, 0.5) is 0 Å². The van der Waals surface area contributed by atoms with Gasteiger partial charge >= 0.3 is 0 Å². The van der Waals surface area contributed by atoms with Crippen molar-refractivity contribution in [2.24, 2.45) is 0 Å². The van der Waals surface area contributed by atoms with E-state index in [1.165, 1.54) is 4.31 Å². The molecule has 1 atom stereocenters. The van der Waals surface area contributed by atoms with Gasteiger partial charge in [0.1, 0.15) is 0 Å². The van der Waals surface area contributed by atoms with Crippen LogP contribution in [0, 0.1) is 6.92 Å². The average molecular weight is 388 g/mol. The molecular weight excluding hydrogens is 358 g/mol. The number of aryl methyl sites for hydroxylation is 1. The summed E-state index contributed by atoms with van der Waals surface area (Å²) in [6.45, 7) is 10.2. The highest BCUT2D eigenvalue weighted by Gasteiger charge is 2.39. The van der Waals surface area contributed by atoms with Crippen molar-refractivity contribution in [2.75, 3.05) is 18.1 Å². The maximum absolute atomic E-state index is 13.4. The molecule has 142 valence electrons. The molecule has 1 unspecified atom stereocenters. The SMILES string of the molecule is CCCN(C1CCS(=O)(=O)C1)S(=O)(=O)c1cc(C(C)(C)C)ccc1C. The number of sulfone groups is 1. The van der Waals surface area contributed by atoms with Crippen LogP contribution in [-0.2, 0) is 25.3 Å². The van der Waals surface area contributed by atoms with Gasteiger partial charge in [0.05, 0.1) is 16.4 Å². The summed E-state index contributed by atoms with van der Waals surface area (Å²) in [4.78, 5) is 0.290. The number of rotatable bonds is 5. The van der Waals surface area contributed by atoms with Gasteiger partial charge in [0.25, 0.3) is 0 Å². The molecule has 0 bridgehead atoms. The third-order valence-corrected chi connectivity index (χ3v) is 8.54. The molecule has 1 heterocycles. The molecular formula is C18H29NO4S2. The van der Waals surface area contributed by atoms with Gasteiger partial charge in [0, 0.05) is 12.6 Å². The molecule has 1 aromatic rings. The van der Waals surface area contributed by atoms with E-state index < -0.39 is 25.9 Å². The Labute approximate surface area is 152 Å². The van der Waals surface area contributed by atoms with Crippen molar-refractivity contribution in [3.63, 3.8) is 0 Å². The van der Waals surface area contributed by atoms with E-state index in [4.69, 9.17) is 0 Å². The maximum atomic E-state index is 13.4.